The van der Waals surface area contributed by atoms with Gasteiger partial charge in [0, 0.05) is 27.8 Å². The maximum absolute atomic E-state index is 6.28. The monoisotopic (exact) mass is 839 g/mol. The van der Waals surface area contributed by atoms with E-state index in [1.165, 1.54) is 70.9 Å². The standard InChI is InChI=1S/C64H41NO/c1-3-15-52-43(11-1)33-39-59-54(18-8-21-57(52)59)45-27-25-42(26-28-45)48-13-7-14-51(41-48)65(50-37-31-47(32-38-50)56-20-10-24-63-64(56)61-17-5-6-23-62(61)66-63)49-35-29-46(30-36-49)55-19-9-22-58-53-16-4-2-12-44(53)34-40-60(55)58/h1-41H. The van der Waals surface area contributed by atoms with Crippen LogP contribution in [0.1, 0.15) is 0 Å². The van der Waals surface area contributed by atoms with E-state index < -0.39 is 0 Å². The summed E-state index contributed by atoms with van der Waals surface area (Å²) in [7, 11) is 0. The van der Waals surface area contributed by atoms with E-state index in [4.69, 9.17) is 4.42 Å². The third kappa shape index (κ3) is 6.34. The first-order valence-electron chi connectivity index (χ1n) is 22.7. The lowest BCUT2D eigenvalue weighted by Gasteiger charge is -2.26. The molecule has 0 saturated carbocycles. The molecule has 66 heavy (non-hydrogen) atoms. The minimum Gasteiger partial charge on any atom is -0.456 e. The van der Waals surface area contributed by atoms with Crippen LogP contribution in [-0.4, -0.2) is 0 Å². The first-order chi connectivity index (χ1) is 32.7. The summed E-state index contributed by atoms with van der Waals surface area (Å²) >= 11 is 0. The molecule has 0 atom stereocenters. The average Bonchev–Trinajstić information content (AvgIpc) is 3.78. The van der Waals surface area contributed by atoms with Gasteiger partial charge in [-0.05, 0) is 136 Å². The second kappa shape index (κ2) is 15.5. The molecule has 308 valence electrons. The highest BCUT2D eigenvalue weighted by molar-refractivity contribution is 6.14. The molecule has 13 aromatic rings. The largest absolute Gasteiger partial charge is 0.456 e. The Morgan fingerprint density at radius 1 is 0.242 bits per heavy atom. The average molecular weight is 840 g/mol. The van der Waals surface area contributed by atoms with Crippen molar-refractivity contribution < 1.29 is 4.42 Å². The number of fused-ring (bicyclic) bond motifs is 9. The van der Waals surface area contributed by atoms with Gasteiger partial charge in [-0.15, -0.1) is 0 Å². The zero-order valence-electron chi connectivity index (χ0n) is 36.0. The zero-order chi connectivity index (χ0) is 43.6. The van der Waals surface area contributed by atoms with Crippen molar-refractivity contribution in [1.82, 2.24) is 0 Å². The SMILES string of the molecule is c1cc(-c2ccc(-c3cccc4c3ccc3ccccc34)cc2)cc(N(c2ccc(-c3cccc4c3ccc3ccccc34)cc2)c2ccc(-c3cccc4oc5ccccc5c34)cc2)c1. The fourth-order valence-corrected chi connectivity index (χ4v) is 10.3. The summed E-state index contributed by atoms with van der Waals surface area (Å²) < 4.78 is 6.28. The van der Waals surface area contributed by atoms with Gasteiger partial charge in [-0.3, -0.25) is 0 Å². The number of anilines is 3. The van der Waals surface area contributed by atoms with Gasteiger partial charge >= 0.3 is 0 Å². The van der Waals surface area contributed by atoms with Crippen molar-refractivity contribution in [2.75, 3.05) is 4.90 Å². The Bertz CT molecular complexity index is 3970. The zero-order valence-corrected chi connectivity index (χ0v) is 36.0. The Labute approximate surface area is 382 Å². The number of rotatable bonds is 7. The van der Waals surface area contributed by atoms with Gasteiger partial charge in [-0.1, -0.05) is 200 Å². The van der Waals surface area contributed by atoms with Crippen molar-refractivity contribution in [1.29, 1.82) is 0 Å². The lowest BCUT2D eigenvalue weighted by molar-refractivity contribution is 0.669. The molecular formula is C64H41NO. The van der Waals surface area contributed by atoms with Crippen molar-refractivity contribution in [2.24, 2.45) is 0 Å². The molecule has 0 aliphatic carbocycles. The molecular weight excluding hydrogens is 799 g/mol. The van der Waals surface area contributed by atoms with Crippen molar-refractivity contribution >= 4 is 82.1 Å². The van der Waals surface area contributed by atoms with E-state index in [-0.39, 0.29) is 0 Å². The van der Waals surface area contributed by atoms with E-state index in [1.807, 2.05) is 12.1 Å². The minimum absolute atomic E-state index is 0.898. The number of nitrogens with zero attached hydrogens (tertiary/aromatic N) is 1. The Morgan fingerprint density at radius 3 is 1.32 bits per heavy atom. The summed E-state index contributed by atoms with van der Waals surface area (Å²) in [5, 5.41) is 12.4. The fourth-order valence-electron chi connectivity index (χ4n) is 10.3. The van der Waals surface area contributed by atoms with E-state index in [0.717, 1.165) is 55.7 Å². The summed E-state index contributed by atoms with van der Waals surface area (Å²) in [5.74, 6) is 0. The van der Waals surface area contributed by atoms with Gasteiger partial charge in [0.1, 0.15) is 11.2 Å². The number of para-hydroxylation sites is 1. The molecule has 0 aliphatic rings. The number of hydrogen-bond donors (Lipinski definition) is 0. The van der Waals surface area contributed by atoms with Gasteiger partial charge in [-0.25, -0.2) is 0 Å². The Morgan fingerprint density at radius 2 is 0.697 bits per heavy atom. The lowest BCUT2D eigenvalue weighted by Crippen LogP contribution is -2.10. The summed E-state index contributed by atoms with van der Waals surface area (Å²) in [6.07, 6.45) is 0. The van der Waals surface area contributed by atoms with Crippen molar-refractivity contribution in [3.8, 4) is 44.5 Å². The third-order valence-corrected chi connectivity index (χ3v) is 13.5. The van der Waals surface area contributed by atoms with Gasteiger partial charge in [-0.2, -0.15) is 0 Å². The normalized spacial score (nSPS) is 11.6. The minimum atomic E-state index is 0.898. The van der Waals surface area contributed by atoms with Crippen LogP contribution in [0.15, 0.2) is 253 Å². The van der Waals surface area contributed by atoms with Crippen LogP contribution < -0.4 is 4.90 Å². The number of furan rings is 1. The van der Waals surface area contributed by atoms with E-state index >= 15 is 0 Å². The lowest BCUT2D eigenvalue weighted by atomic mass is 9.93. The predicted molar refractivity (Wildman–Crippen MR) is 280 cm³/mol. The molecule has 0 unspecified atom stereocenters. The van der Waals surface area contributed by atoms with E-state index in [9.17, 15) is 0 Å². The Kier molecular flexibility index (Phi) is 8.89. The first kappa shape index (κ1) is 37.8. The van der Waals surface area contributed by atoms with Crippen LogP contribution >= 0.6 is 0 Å². The van der Waals surface area contributed by atoms with E-state index in [1.54, 1.807) is 0 Å². The molecule has 13 rings (SSSR count). The molecule has 1 aromatic heterocycles. The van der Waals surface area contributed by atoms with Crippen molar-refractivity contribution in [3.63, 3.8) is 0 Å². The Hall–Kier alpha value is -8.72. The predicted octanol–water partition coefficient (Wildman–Crippen LogP) is 18.3. The van der Waals surface area contributed by atoms with Gasteiger partial charge < -0.3 is 9.32 Å². The van der Waals surface area contributed by atoms with Crippen molar-refractivity contribution in [2.45, 2.75) is 0 Å². The van der Waals surface area contributed by atoms with Crippen LogP contribution in [0, 0.1) is 0 Å². The maximum atomic E-state index is 6.28. The van der Waals surface area contributed by atoms with Gasteiger partial charge in [0.05, 0.1) is 0 Å². The summed E-state index contributed by atoms with van der Waals surface area (Å²) in [6, 6.07) is 90.3. The van der Waals surface area contributed by atoms with E-state index in [2.05, 4.69) is 241 Å². The summed E-state index contributed by atoms with van der Waals surface area (Å²) in [6.45, 7) is 0. The van der Waals surface area contributed by atoms with Crippen LogP contribution in [0.25, 0.3) is 110 Å². The molecule has 0 N–H and O–H groups in total. The fraction of sp³-hybridized carbons (Fsp3) is 0. The molecule has 0 radical (unpaired) electrons. The second-order valence-electron chi connectivity index (χ2n) is 17.2. The maximum Gasteiger partial charge on any atom is 0.136 e. The molecule has 1 heterocycles. The van der Waals surface area contributed by atoms with Gasteiger partial charge in [0.25, 0.3) is 0 Å². The number of benzene rings is 12. The van der Waals surface area contributed by atoms with Crippen molar-refractivity contribution in [3.05, 3.63) is 249 Å². The molecule has 0 aliphatic heterocycles. The first-order valence-corrected chi connectivity index (χ1v) is 22.7. The van der Waals surface area contributed by atoms with Crippen LogP contribution in [-0.2, 0) is 0 Å². The molecule has 0 saturated heterocycles. The van der Waals surface area contributed by atoms with Crippen LogP contribution in [0.2, 0.25) is 0 Å². The topological polar surface area (TPSA) is 16.4 Å². The molecule has 12 aromatic carbocycles. The van der Waals surface area contributed by atoms with Gasteiger partial charge in [0.2, 0.25) is 0 Å². The molecule has 0 fully saturated rings. The molecule has 0 spiro atoms. The quantitative estimate of drug-likeness (QED) is 0.149. The highest BCUT2D eigenvalue weighted by Crippen LogP contribution is 2.42. The smallest absolute Gasteiger partial charge is 0.136 e. The second-order valence-corrected chi connectivity index (χ2v) is 17.2. The summed E-state index contributed by atoms with van der Waals surface area (Å²) in [5.41, 5.74) is 14.5. The highest BCUT2D eigenvalue weighted by Gasteiger charge is 2.17. The molecule has 0 bridgehead atoms. The molecule has 2 nitrogen and oxygen atoms in total. The highest BCUT2D eigenvalue weighted by atomic mass is 16.3. The molecule has 2 heteroatoms. The van der Waals surface area contributed by atoms with Crippen LogP contribution in [0.4, 0.5) is 17.1 Å². The van der Waals surface area contributed by atoms with Crippen LogP contribution in [0.3, 0.4) is 0 Å². The third-order valence-electron chi connectivity index (χ3n) is 13.5. The van der Waals surface area contributed by atoms with Crippen LogP contribution in [0.5, 0.6) is 0 Å². The number of hydrogen-bond acceptors (Lipinski definition) is 2. The molecule has 0 amide bonds. The van der Waals surface area contributed by atoms with E-state index in [0.29, 0.717) is 0 Å². The Balaban J connectivity index is 0.894. The summed E-state index contributed by atoms with van der Waals surface area (Å²) in [4.78, 5) is 2.37. The van der Waals surface area contributed by atoms with Gasteiger partial charge in [0.15, 0.2) is 0 Å².